The molecular weight excluding hydrogens is 262 g/mol. The number of aryl methyl sites for hydroxylation is 2. The molecule has 1 amide bonds. The summed E-state index contributed by atoms with van der Waals surface area (Å²) >= 11 is 0. The zero-order valence-electron chi connectivity index (χ0n) is 12.3. The molecule has 0 saturated carbocycles. The maximum atomic E-state index is 11.9. The number of aliphatic hydroxyl groups excluding tert-OH is 1. The molecule has 2 rings (SSSR count). The van der Waals surface area contributed by atoms with Gasteiger partial charge in [0.05, 0.1) is 6.61 Å². The normalized spacial score (nSPS) is 10.4. The fourth-order valence-corrected chi connectivity index (χ4v) is 2.25. The van der Waals surface area contributed by atoms with Gasteiger partial charge in [-0.25, -0.2) is 0 Å². The minimum absolute atomic E-state index is 0.0230. The Morgan fingerprint density at radius 1 is 1.05 bits per heavy atom. The topological polar surface area (TPSA) is 49.3 Å². The van der Waals surface area contributed by atoms with Gasteiger partial charge in [-0.3, -0.25) is 4.79 Å². The van der Waals surface area contributed by atoms with Crippen LogP contribution in [0.3, 0.4) is 0 Å². The van der Waals surface area contributed by atoms with Crippen molar-refractivity contribution in [3.8, 4) is 0 Å². The van der Waals surface area contributed by atoms with Crippen LogP contribution < -0.4 is 5.32 Å². The quantitative estimate of drug-likeness (QED) is 0.856. The highest BCUT2D eigenvalue weighted by Gasteiger charge is 2.03. The Bertz CT molecular complexity index is 608. The predicted molar refractivity (Wildman–Crippen MR) is 83.7 cm³/mol. The number of nitrogens with one attached hydrogen (secondary N) is 1. The molecule has 0 atom stereocenters. The standard InChI is InChI=1S/C18H21NO2/c1-14-4-2-5-15(10-14)8-9-18(21)19-12-16-6-3-7-17(11-16)13-20/h2-7,10-11,20H,8-9,12-13H2,1H3,(H,19,21). The number of hydrogen-bond donors (Lipinski definition) is 2. The van der Waals surface area contributed by atoms with E-state index in [9.17, 15) is 4.79 Å². The van der Waals surface area contributed by atoms with Gasteiger partial charge in [-0.1, -0.05) is 54.1 Å². The third-order valence-electron chi connectivity index (χ3n) is 3.39. The van der Waals surface area contributed by atoms with Crippen molar-refractivity contribution in [2.75, 3.05) is 0 Å². The van der Waals surface area contributed by atoms with Gasteiger partial charge in [0, 0.05) is 13.0 Å². The molecule has 3 heteroatoms. The third kappa shape index (κ3) is 5.04. The van der Waals surface area contributed by atoms with E-state index in [-0.39, 0.29) is 12.5 Å². The van der Waals surface area contributed by atoms with Gasteiger partial charge in [-0.2, -0.15) is 0 Å². The van der Waals surface area contributed by atoms with Crippen LogP contribution in [-0.4, -0.2) is 11.0 Å². The molecule has 2 aromatic rings. The Morgan fingerprint density at radius 3 is 2.52 bits per heavy atom. The largest absolute Gasteiger partial charge is 0.392 e. The van der Waals surface area contributed by atoms with Crippen LogP contribution in [0.2, 0.25) is 0 Å². The first-order valence-corrected chi connectivity index (χ1v) is 7.18. The minimum atomic E-state index is 0.0230. The second-order valence-electron chi connectivity index (χ2n) is 5.24. The number of carbonyl (C=O) groups excluding carboxylic acids is 1. The lowest BCUT2D eigenvalue weighted by Crippen LogP contribution is -2.23. The Morgan fingerprint density at radius 2 is 1.76 bits per heavy atom. The number of hydrogen-bond acceptors (Lipinski definition) is 2. The summed E-state index contributed by atoms with van der Waals surface area (Å²) in [5.41, 5.74) is 4.27. The molecule has 0 fully saturated rings. The summed E-state index contributed by atoms with van der Waals surface area (Å²) in [6, 6.07) is 15.8. The van der Waals surface area contributed by atoms with Crippen LogP contribution in [0.4, 0.5) is 0 Å². The van der Waals surface area contributed by atoms with Crippen LogP contribution in [0.5, 0.6) is 0 Å². The highest BCUT2D eigenvalue weighted by molar-refractivity contribution is 5.76. The van der Waals surface area contributed by atoms with Gasteiger partial charge >= 0.3 is 0 Å². The first-order valence-electron chi connectivity index (χ1n) is 7.18. The van der Waals surface area contributed by atoms with E-state index < -0.39 is 0 Å². The van der Waals surface area contributed by atoms with Crippen molar-refractivity contribution in [3.63, 3.8) is 0 Å². The van der Waals surface area contributed by atoms with Crippen molar-refractivity contribution in [2.24, 2.45) is 0 Å². The molecule has 0 bridgehead atoms. The highest BCUT2D eigenvalue weighted by Crippen LogP contribution is 2.07. The highest BCUT2D eigenvalue weighted by atomic mass is 16.3. The third-order valence-corrected chi connectivity index (χ3v) is 3.39. The van der Waals surface area contributed by atoms with E-state index in [0.717, 1.165) is 17.5 Å². The maximum Gasteiger partial charge on any atom is 0.220 e. The van der Waals surface area contributed by atoms with E-state index in [4.69, 9.17) is 5.11 Å². The van der Waals surface area contributed by atoms with Gasteiger partial charge in [0.2, 0.25) is 5.91 Å². The smallest absolute Gasteiger partial charge is 0.220 e. The molecule has 0 spiro atoms. The fourth-order valence-electron chi connectivity index (χ4n) is 2.25. The second-order valence-corrected chi connectivity index (χ2v) is 5.24. The monoisotopic (exact) mass is 283 g/mol. The average Bonchev–Trinajstić information content (AvgIpc) is 2.51. The molecule has 0 aliphatic heterocycles. The van der Waals surface area contributed by atoms with Gasteiger partial charge in [0.15, 0.2) is 0 Å². The lowest BCUT2D eigenvalue weighted by molar-refractivity contribution is -0.121. The number of amides is 1. The summed E-state index contributed by atoms with van der Waals surface area (Å²) in [6.07, 6.45) is 1.24. The number of aliphatic hydroxyl groups is 1. The van der Waals surface area contributed by atoms with Crippen molar-refractivity contribution in [1.82, 2.24) is 5.32 Å². The molecule has 0 aliphatic carbocycles. The second kappa shape index (κ2) is 7.60. The summed E-state index contributed by atoms with van der Waals surface area (Å²) in [5.74, 6) is 0.0471. The molecular formula is C18H21NO2. The Kier molecular flexibility index (Phi) is 5.52. The summed E-state index contributed by atoms with van der Waals surface area (Å²) in [4.78, 5) is 11.9. The molecule has 0 saturated heterocycles. The van der Waals surface area contributed by atoms with E-state index in [0.29, 0.717) is 13.0 Å². The summed E-state index contributed by atoms with van der Waals surface area (Å²) < 4.78 is 0. The number of rotatable bonds is 6. The summed E-state index contributed by atoms with van der Waals surface area (Å²) in [6.45, 7) is 2.58. The number of benzene rings is 2. The van der Waals surface area contributed by atoms with E-state index in [2.05, 4.69) is 24.4 Å². The first kappa shape index (κ1) is 15.3. The minimum Gasteiger partial charge on any atom is -0.392 e. The van der Waals surface area contributed by atoms with Gasteiger partial charge in [-0.15, -0.1) is 0 Å². The lowest BCUT2D eigenvalue weighted by atomic mass is 10.1. The van der Waals surface area contributed by atoms with E-state index in [1.807, 2.05) is 36.4 Å². The van der Waals surface area contributed by atoms with Crippen molar-refractivity contribution in [3.05, 3.63) is 70.8 Å². The predicted octanol–water partition coefficient (Wildman–Crippen LogP) is 2.74. The van der Waals surface area contributed by atoms with Gasteiger partial charge in [-0.05, 0) is 30.0 Å². The Labute approximate surface area is 125 Å². The Balaban J connectivity index is 1.79. The number of carbonyl (C=O) groups is 1. The van der Waals surface area contributed by atoms with Crippen molar-refractivity contribution >= 4 is 5.91 Å². The fraction of sp³-hybridized carbons (Fsp3) is 0.278. The van der Waals surface area contributed by atoms with Gasteiger partial charge < -0.3 is 10.4 Å². The molecule has 0 aliphatic rings. The van der Waals surface area contributed by atoms with Crippen LogP contribution in [0.15, 0.2) is 48.5 Å². The average molecular weight is 283 g/mol. The Hall–Kier alpha value is -2.13. The zero-order valence-corrected chi connectivity index (χ0v) is 12.3. The molecule has 2 N–H and O–H groups in total. The molecule has 0 radical (unpaired) electrons. The maximum absolute atomic E-state index is 11.9. The van der Waals surface area contributed by atoms with Crippen LogP contribution in [-0.2, 0) is 24.4 Å². The first-order chi connectivity index (χ1) is 10.2. The van der Waals surface area contributed by atoms with Gasteiger partial charge in [0.1, 0.15) is 0 Å². The van der Waals surface area contributed by atoms with E-state index >= 15 is 0 Å². The van der Waals surface area contributed by atoms with Crippen LogP contribution >= 0.6 is 0 Å². The summed E-state index contributed by atoms with van der Waals surface area (Å²) in [7, 11) is 0. The van der Waals surface area contributed by atoms with Crippen molar-refractivity contribution in [2.45, 2.75) is 32.9 Å². The summed E-state index contributed by atoms with van der Waals surface area (Å²) in [5, 5.41) is 12.0. The van der Waals surface area contributed by atoms with Crippen molar-refractivity contribution < 1.29 is 9.90 Å². The molecule has 21 heavy (non-hydrogen) atoms. The van der Waals surface area contributed by atoms with Crippen molar-refractivity contribution in [1.29, 1.82) is 0 Å². The zero-order chi connectivity index (χ0) is 15.1. The molecule has 110 valence electrons. The molecule has 3 nitrogen and oxygen atoms in total. The van der Waals surface area contributed by atoms with E-state index in [1.165, 1.54) is 11.1 Å². The SMILES string of the molecule is Cc1cccc(CCC(=O)NCc2cccc(CO)c2)c1. The lowest BCUT2D eigenvalue weighted by Gasteiger charge is -2.07. The van der Waals surface area contributed by atoms with Crippen LogP contribution in [0, 0.1) is 6.92 Å². The molecule has 0 heterocycles. The van der Waals surface area contributed by atoms with Crippen LogP contribution in [0.1, 0.15) is 28.7 Å². The van der Waals surface area contributed by atoms with Gasteiger partial charge in [0.25, 0.3) is 0 Å². The van der Waals surface area contributed by atoms with Crippen LogP contribution in [0.25, 0.3) is 0 Å². The molecule has 2 aromatic carbocycles. The molecule has 0 aromatic heterocycles. The molecule has 0 unspecified atom stereocenters. The van der Waals surface area contributed by atoms with E-state index in [1.54, 1.807) is 0 Å².